The van der Waals surface area contributed by atoms with Crippen LogP contribution in [0.25, 0.3) is 0 Å². The number of halogens is 1. The van der Waals surface area contributed by atoms with Gasteiger partial charge in [0.25, 0.3) is 0 Å². The number of rotatable bonds is 5. The molecule has 1 aromatic heterocycles. The summed E-state index contributed by atoms with van der Waals surface area (Å²) >= 11 is 1.29. The lowest BCUT2D eigenvalue weighted by atomic mass is 10.0. The molecule has 22 heavy (non-hydrogen) atoms. The molecule has 0 aliphatic heterocycles. The van der Waals surface area contributed by atoms with Crippen molar-refractivity contribution in [2.45, 2.75) is 19.4 Å². The lowest BCUT2D eigenvalue weighted by Crippen LogP contribution is -2.35. The zero-order valence-corrected chi connectivity index (χ0v) is 12.6. The van der Waals surface area contributed by atoms with Gasteiger partial charge in [0.05, 0.1) is 18.2 Å². The van der Waals surface area contributed by atoms with Crippen LogP contribution in [0.5, 0.6) is 0 Å². The number of amides is 3. The summed E-state index contributed by atoms with van der Waals surface area (Å²) in [6, 6.07) is 4.23. The van der Waals surface area contributed by atoms with Crippen LogP contribution in [0.2, 0.25) is 0 Å². The van der Waals surface area contributed by atoms with E-state index in [0.717, 1.165) is 5.69 Å². The average molecular weight is 322 g/mol. The Morgan fingerprint density at radius 2 is 2.14 bits per heavy atom. The van der Waals surface area contributed by atoms with Crippen LogP contribution in [0, 0.1) is 12.7 Å². The van der Waals surface area contributed by atoms with Crippen molar-refractivity contribution in [3.8, 4) is 0 Å². The molecule has 3 amide bonds. The molecule has 1 heterocycles. The number of carbonyl (C=O) groups excluding carboxylic acids is 2. The number of hydrogen-bond donors (Lipinski definition) is 3. The maximum atomic E-state index is 13.8. The molecule has 0 spiro atoms. The summed E-state index contributed by atoms with van der Waals surface area (Å²) in [5.74, 6) is -0.907. The van der Waals surface area contributed by atoms with Gasteiger partial charge < -0.3 is 16.4 Å². The van der Waals surface area contributed by atoms with Gasteiger partial charge in [0.15, 0.2) is 5.13 Å². The Bertz CT molecular complexity index is 689. The first-order chi connectivity index (χ1) is 10.5. The van der Waals surface area contributed by atoms with Crippen LogP contribution in [0.1, 0.15) is 23.7 Å². The van der Waals surface area contributed by atoms with Gasteiger partial charge in [-0.05, 0) is 13.0 Å². The molecule has 116 valence electrons. The minimum atomic E-state index is -0.847. The van der Waals surface area contributed by atoms with Crippen LogP contribution in [0.3, 0.4) is 0 Å². The van der Waals surface area contributed by atoms with Gasteiger partial charge in [0.1, 0.15) is 5.82 Å². The Labute approximate surface area is 130 Å². The minimum absolute atomic E-state index is 0.150. The van der Waals surface area contributed by atoms with Gasteiger partial charge in [-0.3, -0.25) is 4.79 Å². The van der Waals surface area contributed by atoms with Crippen molar-refractivity contribution in [3.63, 3.8) is 0 Å². The number of anilines is 1. The van der Waals surface area contributed by atoms with Gasteiger partial charge in [0.2, 0.25) is 5.91 Å². The second-order valence-corrected chi connectivity index (χ2v) is 5.49. The molecule has 0 saturated carbocycles. The molecular formula is C14H15FN4O2S. The highest BCUT2D eigenvalue weighted by atomic mass is 32.1. The fraction of sp³-hybridized carbons (Fsp3) is 0.214. The van der Waals surface area contributed by atoms with Crippen molar-refractivity contribution in [2.75, 3.05) is 5.32 Å². The zero-order valence-electron chi connectivity index (χ0n) is 11.8. The molecule has 1 aromatic carbocycles. The third-order valence-electron chi connectivity index (χ3n) is 2.85. The summed E-state index contributed by atoms with van der Waals surface area (Å²) in [5.41, 5.74) is 6.09. The normalized spacial score (nSPS) is 11.7. The van der Waals surface area contributed by atoms with E-state index in [1.807, 2.05) is 6.92 Å². The molecule has 2 rings (SSSR count). The molecule has 6 nitrogen and oxygen atoms in total. The average Bonchev–Trinajstić information content (AvgIpc) is 2.83. The number of thiazole rings is 1. The third kappa shape index (κ3) is 4.26. The number of benzene rings is 1. The van der Waals surface area contributed by atoms with Gasteiger partial charge >= 0.3 is 6.03 Å². The lowest BCUT2D eigenvalue weighted by Gasteiger charge is -2.17. The minimum Gasteiger partial charge on any atom is -0.352 e. The smallest absolute Gasteiger partial charge is 0.312 e. The lowest BCUT2D eigenvalue weighted by molar-refractivity contribution is -0.116. The molecule has 1 atom stereocenters. The van der Waals surface area contributed by atoms with Crippen molar-refractivity contribution >= 4 is 28.4 Å². The number of carbonyl (C=O) groups is 2. The van der Waals surface area contributed by atoms with Crippen molar-refractivity contribution in [3.05, 3.63) is 46.7 Å². The van der Waals surface area contributed by atoms with Crippen molar-refractivity contribution in [2.24, 2.45) is 5.73 Å². The Balaban J connectivity index is 2.11. The molecule has 0 aliphatic rings. The fourth-order valence-electron chi connectivity index (χ4n) is 1.94. The first-order valence-corrected chi connectivity index (χ1v) is 7.36. The number of aromatic nitrogens is 1. The predicted octanol–water partition coefficient (Wildman–Crippen LogP) is 2.33. The summed E-state index contributed by atoms with van der Waals surface area (Å²) in [7, 11) is 0. The Morgan fingerprint density at radius 1 is 1.41 bits per heavy atom. The number of nitrogens with one attached hydrogen (secondary N) is 2. The quantitative estimate of drug-likeness (QED) is 0.788. The van der Waals surface area contributed by atoms with Crippen LogP contribution in [-0.4, -0.2) is 16.9 Å². The van der Waals surface area contributed by atoms with E-state index >= 15 is 0 Å². The van der Waals surface area contributed by atoms with Crippen molar-refractivity contribution < 1.29 is 14.0 Å². The molecular weight excluding hydrogens is 307 g/mol. The fourth-order valence-corrected chi connectivity index (χ4v) is 2.64. The van der Waals surface area contributed by atoms with Crippen LogP contribution >= 0.6 is 11.3 Å². The number of aryl methyl sites for hydroxylation is 1. The number of hydrogen-bond acceptors (Lipinski definition) is 4. The summed E-state index contributed by atoms with van der Waals surface area (Å²) in [5, 5.41) is 7.24. The molecule has 4 N–H and O–H groups in total. The third-order valence-corrected chi connectivity index (χ3v) is 3.73. The molecule has 8 heteroatoms. The molecule has 0 fully saturated rings. The van der Waals surface area contributed by atoms with E-state index in [1.54, 1.807) is 11.4 Å². The molecule has 0 unspecified atom stereocenters. The SMILES string of the molecule is Cc1csc(NC(=O)C[C@@H](NC(N)=O)c2ccccc2F)n1. The summed E-state index contributed by atoms with van der Waals surface area (Å²) in [6.45, 7) is 1.81. The predicted molar refractivity (Wildman–Crippen MR) is 82.0 cm³/mol. The number of nitrogens with two attached hydrogens (primary N) is 1. The van der Waals surface area contributed by atoms with Crippen molar-refractivity contribution in [1.82, 2.24) is 10.3 Å². The van der Waals surface area contributed by atoms with Crippen LogP contribution in [-0.2, 0) is 4.79 Å². The molecule has 0 saturated heterocycles. The van der Waals surface area contributed by atoms with Gasteiger partial charge in [-0.25, -0.2) is 14.2 Å². The number of primary amides is 1. The van der Waals surface area contributed by atoms with Crippen LogP contribution in [0.15, 0.2) is 29.6 Å². The van der Waals surface area contributed by atoms with E-state index in [4.69, 9.17) is 5.73 Å². The second-order valence-electron chi connectivity index (χ2n) is 4.63. The standard InChI is InChI=1S/C14H15FN4O2S/c1-8-7-22-14(17-8)19-12(20)6-11(18-13(16)21)9-4-2-3-5-10(9)15/h2-5,7,11H,6H2,1H3,(H3,16,18,21)(H,17,19,20)/t11-/m1/s1. The topological polar surface area (TPSA) is 97.1 Å². The molecule has 2 aromatic rings. The second kappa shape index (κ2) is 6.99. The Kier molecular flexibility index (Phi) is 5.05. The van der Waals surface area contributed by atoms with E-state index in [-0.39, 0.29) is 12.0 Å². The van der Waals surface area contributed by atoms with Gasteiger partial charge in [-0.2, -0.15) is 0 Å². The highest BCUT2D eigenvalue weighted by Gasteiger charge is 2.20. The molecule has 0 radical (unpaired) electrons. The van der Waals surface area contributed by atoms with E-state index in [9.17, 15) is 14.0 Å². The number of urea groups is 1. The van der Waals surface area contributed by atoms with Crippen molar-refractivity contribution in [1.29, 1.82) is 0 Å². The number of nitrogens with zero attached hydrogens (tertiary/aromatic N) is 1. The maximum absolute atomic E-state index is 13.8. The van der Waals surface area contributed by atoms with Crippen LogP contribution in [0.4, 0.5) is 14.3 Å². The first kappa shape index (κ1) is 15.9. The molecule has 0 aliphatic carbocycles. The highest BCUT2D eigenvalue weighted by Crippen LogP contribution is 2.21. The molecule has 0 bridgehead atoms. The summed E-state index contributed by atoms with van der Waals surface area (Å²) < 4.78 is 13.8. The van der Waals surface area contributed by atoms with E-state index < -0.39 is 23.8 Å². The largest absolute Gasteiger partial charge is 0.352 e. The zero-order chi connectivity index (χ0) is 16.1. The van der Waals surface area contributed by atoms with E-state index in [2.05, 4.69) is 15.6 Å². The maximum Gasteiger partial charge on any atom is 0.312 e. The van der Waals surface area contributed by atoms with Gasteiger partial charge in [-0.1, -0.05) is 18.2 Å². The Hall–Kier alpha value is -2.48. The van der Waals surface area contributed by atoms with Gasteiger partial charge in [-0.15, -0.1) is 11.3 Å². The summed E-state index contributed by atoms with van der Waals surface area (Å²) in [4.78, 5) is 27.2. The van der Waals surface area contributed by atoms with Gasteiger partial charge in [0, 0.05) is 10.9 Å². The summed E-state index contributed by atoms with van der Waals surface area (Å²) in [6.07, 6.45) is -0.150. The highest BCUT2D eigenvalue weighted by molar-refractivity contribution is 7.13. The van der Waals surface area contributed by atoms with E-state index in [0.29, 0.717) is 5.13 Å². The van der Waals surface area contributed by atoms with Crippen LogP contribution < -0.4 is 16.4 Å². The van der Waals surface area contributed by atoms with E-state index in [1.165, 1.54) is 29.5 Å². The Morgan fingerprint density at radius 3 is 2.73 bits per heavy atom. The monoisotopic (exact) mass is 322 g/mol. The first-order valence-electron chi connectivity index (χ1n) is 6.48.